The van der Waals surface area contributed by atoms with Crippen molar-refractivity contribution in [1.29, 1.82) is 0 Å². The molecule has 94 valence electrons. The third-order valence-corrected chi connectivity index (χ3v) is 3.68. The zero-order valence-corrected chi connectivity index (χ0v) is 10.6. The fourth-order valence-electron chi connectivity index (χ4n) is 2.67. The standard InChI is InChI=1S/C14H18N4/c1-17-7-6-16-14(17)18-10-12-5-3-2-4-11(12)8-13(18)9-15/h2-7,13H,8-10,15H2,1H3. The molecule has 1 aliphatic heterocycles. The summed E-state index contributed by atoms with van der Waals surface area (Å²) in [5.74, 6) is 1.000. The van der Waals surface area contributed by atoms with Crippen LogP contribution in [0, 0.1) is 0 Å². The second-order valence-electron chi connectivity index (χ2n) is 4.83. The molecule has 1 aromatic heterocycles. The van der Waals surface area contributed by atoms with Crippen LogP contribution in [0.2, 0.25) is 0 Å². The lowest BCUT2D eigenvalue weighted by Crippen LogP contribution is -2.46. The number of nitrogens with two attached hydrogens (primary N) is 1. The predicted octanol–water partition coefficient (Wildman–Crippen LogP) is 1.31. The molecule has 2 heterocycles. The third kappa shape index (κ3) is 1.78. The summed E-state index contributed by atoms with van der Waals surface area (Å²) in [4.78, 5) is 6.75. The van der Waals surface area contributed by atoms with Gasteiger partial charge < -0.3 is 15.2 Å². The molecule has 4 nitrogen and oxygen atoms in total. The zero-order chi connectivity index (χ0) is 12.5. The van der Waals surface area contributed by atoms with E-state index >= 15 is 0 Å². The van der Waals surface area contributed by atoms with Crippen molar-refractivity contribution in [2.24, 2.45) is 12.8 Å². The number of rotatable bonds is 2. The van der Waals surface area contributed by atoms with Gasteiger partial charge in [0.1, 0.15) is 0 Å². The highest BCUT2D eigenvalue weighted by Crippen LogP contribution is 2.26. The van der Waals surface area contributed by atoms with Gasteiger partial charge in [0.2, 0.25) is 5.95 Å². The lowest BCUT2D eigenvalue weighted by Gasteiger charge is -2.37. The fraction of sp³-hybridized carbons (Fsp3) is 0.357. The van der Waals surface area contributed by atoms with E-state index < -0.39 is 0 Å². The maximum Gasteiger partial charge on any atom is 0.205 e. The SMILES string of the molecule is Cn1ccnc1N1Cc2ccccc2CC1CN. The summed E-state index contributed by atoms with van der Waals surface area (Å²) in [5.41, 5.74) is 8.72. The maximum atomic E-state index is 5.93. The molecule has 1 unspecified atom stereocenters. The number of hydrogen-bond acceptors (Lipinski definition) is 3. The molecular formula is C14H18N4. The lowest BCUT2D eigenvalue weighted by atomic mass is 9.94. The van der Waals surface area contributed by atoms with Crippen LogP contribution in [0.3, 0.4) is 0 Å². The van der Waals surface area contributed by atoms with Crippen LogP contribution in [0.25, 0.3) is 0 Å². The van der Waals surface area contributed by atoms with Crippen molar-refractivity contribution in [2.45, 2.75) is 19.0 Å². The smallest absolute Gasteiger partial charge is 0.205 e. The van der Waals surface area contributed by atoms with Crippen molar-refractivity contribution in [3.8, 4) is 0 Å². The van der Waals surface area contributed by atoms with E-state index in [0.717, 1.165) is 18.9 Å². The van der Waals surface area contributed by atoms with E-state index in [2.05, 4.69) is 38.7 Å². The number of nitrogens with zero attached hydrogens (tertiary/aromatic N) is 3. The summed E-state index contributed by atoms with van der Waals surface area (Å²) in [6.45, 7) is 1.55. The molecule has 4 heteroatoms. The molecule has 0 saturated carbocycles. The molecule has 3 rings (SSSR count). The van der Waals surface area contributed by atoms with Gasteiger partial charge in [0.25, 0.3) is 0 Å². The molecule has 2 aromatic rings. The minimum atomic E-state index is 0.334. The summed E-state index contributed by atoms with van der Waals surface area (Å²) in [6.07, 6.45) is 4.81. The monoisotopic (exact) mass is 242 g/mol. The summed E-state index contributed by atoms with van der Waals surface area (Å²) >= 11 is 0. The van der Waals surface area contributed by atoms with Crippen LogP contribution in [0.1, 0.15) is 11.1 Å². The Hall–Kier alpha value is -1.81. The van der Waals surface area contributed by atoms with Gasteiger partial charge in [0.15, 0.2) is 0 Å². The first-order chi connectivity index (χ1) is 8.79. The van der Waals surface area contributed by atoms with Crippen LogP contribution < -0.4 is 10.6 Å². The molecule has 18 heavy (non-hydrogen) atoms. The van der Waals surface area contributed by atoms with Gasteiger partial charge in [-0.05, 0) is 17.5 Å². The van der Waals surface area contributed by atoms with E-state index in [1.54, 1.807) is 0 Å². The van der Waals surface area contributed by atoms with Crippen molar-refractivity contribution in [1.82, 2.24) is 9.55 Å². The topological polar surface area (TPSA) is 47.1 Å². The number of fused-ring (bicyclic) bond motifs is 1. The van der Waals surface area contributed by atoms with Crippen LogP contribution in [-0.4, -0.2) is 22.1 Å². The van der Waals surface area contributed by atoms with Crippen LogP contribution in [-0.2, 0) is 20.0 Å². The predicted molar refractivity (Wildman–Crippen MR) is 72.4 cm³/mol. The summed E-state index contributed by atoms with van der Waals surface area (Å²) < 4.78 is 2.05. The van der Waals surface area contributed by atoms with E-state index in [4.69, 9.17) is 5.73 Å². The van der Waals surface area contributed by atoms with E-state index in [0.29, 0.717) is 12.6 Å². The third-order valence-electron chi connectivity index (χ3n) is 3.68. The summed E-state index contributed by atoms with van der Waals surface area (Å²) in [5, 5.41) is 0. The van der Waals surface area contributed by atoms with Crippen LogP contribution in [0.4, 0.5) is 5.95 Å². The lowest BCUT2D eigenvalue weighted by molar-refractivity contribution is 0.542. The number of hydrogen-bond donors (Lipinski definition) is 1. The van der Waals surface area contributed by atoms with Gasteiger partial charge in [-0.25, -0.2) is 4.98 Å². The van der Waals surface area contributed by atoms with E-state index in [9.17, 15) is 0 Å². The number of benzene rings is 1. The maximum absolute atomic E-state index is 5.93. The number of aromatic nitrogens is 2. The highest BCUT2D eigenvalue weighted by molar-refractivity contribution is 5.42. The average Bonchev–Trinajstić information content (AvgIpc) is 2.83. The number of anilines is 1. The second-order valence-corrected chi connectivity index (χ2v) is 4.83. The summed E-state index contributed by atoms with van der Waals surface area (Å²) in [6, 6.07) is 8.92. The van der Waals surface area contributed by atoms with Crippen LogP contribution in [0.5, 0.6) is 0 Å². The van der Waals surface area contributed by atoms with Crippen molar-refractivity contribution in [3.05, 3.63) is 47.8 Å². The van der Waals surface area contributed by atoms with Crippen LogP contribution >= 0.6 is 0 Å². The van der Waals surface area contributed by atoms with Gasteiger partial charge in [-0.2, -0.15) is 0 Å². The molecule has 0 amide bonds. The average molecular weight is 242 g/mol. The Bertz CT molecular complexity index is 546. The molecule has 0 radical (unpaired) electrons. The Morgan fingerprint density at radius 3 is 2.78 bits per heavy atom. The van der Waals surface area contributed by atoms with E-state index in [1.165, 1.54) is 11.1 Å². The molecular weight excluding hydrogens is 224 g/mol. The normalized spacial score (nSPS) is 18.8. The Kier molecular flexibility index (Phi) is 2.80. The highest BCUT2D eigenvalue weighted by Gasteiger charge is 2.27. The molecule has 1 atom stereocenters. The molecule has 0 bridgehead atoms. The Balaban J connectivity index is 1.98. The van der Waals surface area contributed by atoms with Gasteiger partial charge in [0, 0.05) is 38.6 Å². The van der Waals surface area contributed by atoms with Crippen LogP contribution in [0.15, 0.2) is 36.7 Å². The highest BCUT2D eigenvalue weighted by atomic mass is 15.3. The number of aryl methyl sites for hydroxylation is 1. The van der Waals surface area contributed by atoms with Gasteiger partial charge in [-0.3, -0.25) is 0 Å². The van der Waals surface area contributed by atoms with Crippen molar-refractivity contribution < 1.29 is 0 Å². The largest absolute Gasteiger partial charge is 0.333 e. The van der Waals surface area contributed by atoms with E-state index in [-0.39, 0.29) is 0 Å². The Morgan fingerprint density at radius 1 is 1.33 bits per heavy atom. The van der Waals surface area contributed by atoms with E-state index in [1.807, 2.05) is 19.4 Å². The summed E-state index contributed by atoms with van der Waals surface area (Å²) in [7, 11) is 2.02. The van der Waals surface area contributed by atoms with Gasteiger partial charge in [-0.1, -0.05) is 24.3 Å². The molecule has 2 N–H and O–H groups in total. The van der Waals surface area contributed by atoms with Gasteiger partial charge in [-0.15, -0.1) is 0 Å². The van der Waals surface area contributed by atoms with Gasteiger partial charge >= 0.3 is 0 Å². The van der Waals surface area contributed by atoms with Crippen molar-refractivity contribution >= 4 is 5.95 Å². The molecule has 0 saturated heterocycles. The molecule has 0 aliphatic carbocycles. The second kappa shape index (κ2) is 4.46. The first kappa shape index (κ1) is 11.3. The minimum Gasteiger partial charge on any atom is -0.333 e. The molecule has 0 spiro atoms. The Morgan fingerprint density at radius 2 is 2.11 bits per heavy atom. The fourth-order valence-corrected chi connectivity index (χ4v) is 2.67. The Labute approximate surface area is 107 Å². The molecule has 1 aromatic carbocycles. The van der Waals surface area contributed by atoms with Gasteiger partial charge in [0.05, 0.1) is 0 Å². The minimum absolute atomic E-state index is 0.334. The van der Waals surface area contributed by atoms with Crippen molar-refractivity contribution in [3.63, 3.8) is 0 Å². The van der Waals surface area contributed by atoms with Crippen molar-refractivity contribution in [2.75, 3.05) is 11.4 Å². The quantitative estimate of drug-likeness (QED) is 0.863. The first-order valence-corrected chi connectivity index (χ1v) is 6.30. The molecule has 1 aliphatic rings. The first-order valence-electron chi connectivity index (χ1n) is 6.30. The molecule has 0 fully saturated rings. The number of imidazole rings is 1. The zero-order valence-electron chi connectivity index (χ0n) is 10.6.